The highest BCUT2D eigenvalue weighted by molar-refractivity contribution is 6.31. The van der Waals surface area contributed by atoms with Crippen LogP contribution in [-0.4, -0.2) is 78.7 Å². The molecule has 4 N–H and O–H groups in total. The van der Waals surface area contributed by atoms with Crippen LogP contribution in [-0.2, 0) is 24.2 Å². The molecule has 0 bridgehead atoms. The third kappa shape index (κ3) is 5.90. The summed E-state index contributed by atoms with van der Waals surface area (Å²) < 4.78 is 8.31. The number of nitrogens with one attached hydrogen (secondary N) is 1. The van der Waals surface area contributed by atoms with Crippen molar-refractivity contribution < 1.29 is 19.4 Å². The molecule has 0 spiro atoms. The Hall–Kier alpha value is -4.13. The Labute approximate surface area is 252 Å². The molecule has 0 aliphatic carbocycles. The lowest BCUT2D eigenvalue weighted by Gasteiger charge is -2.33. The molecule has 12 nitrogen and oxygen atoms in total. The smallest absolute Gasteiger partial charge is 0.390 e. The number of benzene rings is 2. The van der Waals surface area contributed by atoms with E-state index in [-0.39, 0.29) is 24.8 Å². The second kappa shape index (κ2) is 11.9. The van der Waals surface area contributed by atoms with Crippen molar-refractivity contribution in [1.82, 2.24) is 29.1 Å². The molecule has 2 amide bonds. The van der Waals surface area contributed by atoms with Crippen molar-refractivity contribution in [3.63, 3.8) is 0 Å². The van der Waals surface area contributed by atoms with Crippen molar-refractivity contribution in [3.05, 3.63) is 74.8 Å². The first kappa shape index (κ1) is 29.0. The van der Waals surface area contributed by atoms with E-state index in [4.69, 9.17) is 22.4 Å². The predicted octanol–water partition coefficient (Wildman–Crippen LogP) is 3.43. The Morgan fingerprint density at radius 1 is 1.16 bits per heavy atom. The topological polar surface area (TPSA) is 152 Å². The van der Waals surface area contributed by atoms with Crippen LogP contribution in [0.25, 0.3) is 22.3 Å². The molecule has 43 heavy (non-hydrogen) atoms. The standard InChI is InChI=1S/C30H34ClN7O5/c1-18-14-19(6-7-23(18)31)27-22-17-36(30(42)43-28(32)40)13-10-25(22)37(34-27)16-21(39)15-35-11-8-20(9-12-35)38-26-5-3-2-4-24(26)33-29(38)41/h2-7,14,20-21,39H,8-13,15-17H2,1H3,(H2,32,40)(H,33,41). The van der Waals surface area contributed by atoms with Gasteiger partial charge in [0.25, 0.3) is 0 Å². The molecule has 0 radical (unpaired) electrons. The van der Waals surface area contributed by atoms with Gasteiger partial charge in [0.05, 0.1) is 35.9 Å². The lowest BCUT2D eigenvalue weighted by molar-refractivity contribution is 0.0759. The number of aliphatic hydroxyl groups is 1. The minimum atomic E-state index is -1.15. The fraction of sp³-hybridized carbons (Fsp3) is 0.400. The number of carbonyl (C=O) groups excluding carboxylic acids is 2. The van der Waals surface area contributed by atoms with Gasteiger partial charge in [-0.15, -0.1) is 0 Å². The van der Waals surface area contributed by atoms with Crippen molar-refractivity contribution >= 4 is 34.8 Å². The molecule has 13 heteroatoms. The summed E-state index contributed by atoms with van der Waals surface area (Å²) in [7, 11) is 0. The van der Waals surface area contributed by atoms with Gasteiger partial charge in [-0.05, 0) is 49.6 Å². The van der Waals surface area contributed by atoms with E-state index in [0.29, 0.717) is 30.2 Å². The molecule has 2 aromatic carbocycles. The Balaban J connectivity index is 1.16. The Morgan fingerprint density at radius 3 is 2.67 bits per heavy atom. The number of hydrogen-bond donors (Lipinski definition) is 3. The number of β-amino-alcohol motifs (C(OH)–C–C–N with tert-alkyl or cyclic N) is 1. The Bertz CT molecular complexity index is 1740. The van der Waals surface area contributed by atoms with E-state index in [1.807, 2.05) is 58.6 Å². The summed E-state index contributed by atoms with van der Waals surface area (Å²) >= 11 is 6.27. The highest BCUT2D eigenvalue weighted by Gasteiger charge is 2.31. The number of likely N-dealkylation sites (tertiary alicyclic amines) is 1. The van der Waals surface area contributed by atoms with Gasteiger partial charge < -0.3 is 30.4 Å². The van der Waals surface area contributed by atoms with Gasteiger partial charge in [0.1, 0.15) is 0 Å². The molecule has 2 aromatic heterocycles. The molecule has 2 aliphatic rings. The normalized spacial score (nSPS) is 16.8. The van der Waals surface area contributed by atoms with Crippen LogP contribution in [0.2, 0.25) is 5.02 Å². The number of nitrogens with zero attached hydrogens (tertiary/aromatic N) is 5. The first-order valence-electron chi connectivity index (χ1n) is 14.4. The highest BCUT2D eigenvalue weighted by atomic mass is 35.5. The van der Waals surface area contributed by atoms with E-state index in [9.17, 15) is 19.5 Å². The van der Waals surface area contributed by atoms with E-state index in [1.165, 1.54) is 4.90 Å². The molecule has 1 atom stereocenters. The number of aromatic nitrogens is 4. The van der Waals surface area contributed by atoms with Gasteiger partial charge in [-0.25, -0.2) is 14.4 Å². The fourth-order valence-corrected chi connectivity index (χ4v) is 6.44. The lowest BCUT2D eigenvalue weighted by Crippen LogP contribution is -2.42. The summed E-state index contributed by atoms with van der Waals surface area (Å²) in [6.45, 7) is 4.69. The second-order valence-corrected chi connectivity index (χ2v) is 11.7. The second-order valence-electron chi connectivity index (χ2n) is 11.3. The van der Waals surface area contributed by atoms with Crippen LogP contribution in [0.4, 0.5) is 9.59 Å². The third-order valence-corrected chi connectivity index (χ3v) is 8.83. The number of imidazole rings is 1. The zero-order valence-corrected chi connectivity index (χ0v) is 24.6. The van der Waals surface area contributed by atoms with Crippen molar-refractivity contribution in [2.75, 3.05) is 26.2 Å². The maximum absolute atomic E-state index is 12.7. The number of ether oxygens (including phenoxy) is 1. The fourth-order valence-electron chi connectivity index (χ4n) is 6.32. The van der Waals surface area contributed by atoms with E-state index in [2.05, 4.69) is 14.6 Å². The number of amides is 2. The number of H-pyrrole nitrogens is 1. The molecular weight excluding hydrogens is 574 g/mol. The number of primary amides is 1. The summed E-state index contributed by atoms with van der Waals surface area (Å²) in [5.74, 6) is 0. The van der Waals surface area contributed by atoms with Crippen molar-refractivity contribution in [2.45, 2.75) is 51.4 Å². The van der Waals surface area contributed by atoms with E-state index >= 15 is 0 Å². The van der Waals surface area contributed by atoms with Gasteiger partial charge in [0, 0.05) is 60.5 Å². The maximum atomic E-state index is 12.7. The molecule has 6 rings (SSSR count). The maximum Gasteiger partial charge on any atom is 0.419 e. The van der Waals surface area contributed by atoms with Gasteiger partial charge in [-0.3, -0.25) is 9.25 Å². The molecule has 1 fully saturated rings. The number of para-hydroxylation sites is 2. The zero-order valence-electron chi connectivity index (χ0n) is 23.8. The van der Waals surface area contributed by atoms with Crippen molar-refractivity contribution in [3.8, 4) is 11.3 Å². The van der Waals surface area contributed by atoms with Gasteiger partial charge >= 0.3 is 17.9 Å². The van der Waals surface area contributed by atoms with Gasteiger partial charge in [-0.1, -0.05) is 29.8 Å². The first-order chi connectivity index (χ1) is 20.7. The average molecular weight is 608 g/mol. The SMILES string of the molecule is Cc1cc(-c2nn(CC(O)CN3CCC(n4c(=O)[nH]c5ccccc54)CC3)c3c2CN(C(=O)OC(N)=O)CC3)ccc1Cl. The van der Waals surface area contributed by atoms with E-state index in [0.717, 1.165) is 59.3 Å². The number of hydrogen-bond acceptors (Lipinski definition) is 7. The number of aliphatic hydroxyl groups excluding tert-OH is 1. The summed E-state index contributed by atoms with van der Waals surface area (Å²) in [5.41, 5.74) is 10.9. The van der Waals surface area contributed by atoms with Crippen LogP contribution < -0.4 is 11.4 Å². The van der Waals surface area contributed by atoms with Gasteiger partial charge in [0.2, 0.25) is 0 Å². The van der Waals surface area contributed by atoms with Crippen molar-refractivity contribution in [1.29, 1.82) is 0 Å². The molecular formula is C30H34ClN7O5. The Kier molecular flexibility index (Phi) is 7.99. The number of aromatic amines is 1. The van der Waals surface area contributed by atoms with E-state index < -0.39 is 18.3 Å². The lowest BCUT2D eigenvalue weighted by atomic mass is 10.00. The molecule has 0 saturated carbocycles. The quantitative estimate of drug-likeness (QED) is 0.284. The molecule has 226 valence electrons. The molecule has 1 unspecified atom stereocenters. The monoisotopic (exact) mass is 607 g/mol. The van der Waals surface area contributed by atoms with Gasteiger partial charge in [0.15, 0.2) is 0 Å². The summed E-state index contributed by atoms with van der Waals surface area (Å²) in [6.07, 6.45) is -0.552. The zero-order chi connectivity index (χ0) is 30.2. The highest BCUT2D eigenvalue weighted by Crippen LogP contribution is 2.33. The summed E-state index contributed by atoms with van der Waals surface area (Å²) in [4.78, 5) is 42.9. The summed E-state index contributed by atoms with van der Waals surface area (Å²) in [5, 5.41) is 16.7. The number of piperidine rings is 1. The van der Waals surface area contributed by atoms with Crippen LogP contribution in [0.1, 0.15) is 35.7 Å². The number of nitrogens with two attached hydrogens (primary N) is 1. The minimum absolute atomic E-state index is 0.0868. The van der Waals surface area contributed by atoms with Crippen LogP contribution in [0.5, 0.6) is 0 Å². The number of carbonyl (C=O) groups is 2. The minimum Gasteiger partial charge on any atom is -0.390 e. The number of fused-ring (bicyclic) bond motifs is 2. The Morgan fingerprint density at radius 2 is 1.93 bits per heavy atom. The predicted molar refractivity (Wildman–Crippen MR) is 161 cm³/mol. The first-order valence-corrected chi connectivity index (χ1v) is 14.8. The largest absolute Gasteiger partial charge is 0.419 e. The van der Waals surface area contributed by atoms with Crippen LogP contribution in [0, 0.1) is 6.92 Å². The van der Waals surface area contributed by atoms with Crippen LogP contribution in [0.15, 0.2) is 47.3 Å². The number of aryl methyl sites for hydroxylation is 1. The molecule has 4 heterocycles. The van der Waals surface area contributed by atoms with Crippen molar-refractivity contribution in [2.24, 2.45) is 5.73 Å². The molecule has 4 aromatic rings. The van der Waals surface area contributed by atoms with Crippen LogP contribution >= 0.6 is 11.6 Å². The van der Waals surface area contributed by atoms with Gasteiger partial charge in [-0.2, -0.15) is 5.10 Å². The number of rotatable bonds is 6. The molecule has 1 saturated heterocycles. The number of halogens is 1. The summed E-state index contributed by atoms with van der Waals surface area (Å²) in [6, 6.07) is 13.5. The average Bonchev–Trinajstić information content (AvgIpc) is 3.51. The third-order valence-electron chi connectivity index (χ3n) is 8.41. The van der Waals surface area contributed by atoms with Crippen LogP contribution in [0.3, 0.4) is 0 Å². The van der Waals surface area contributed by atoms with E-state index in [1.54, 1.807) is 0 Å². The molecule has 2 aliphatic heterocycles.